The minimum atomic E-state index is -0.956. The SMILES string of the molecule is Cc1nnc2c(NCCCCNC(=O)[C@H](O)C(C)C)nc3cc(N4CCSCC4)ccc3n12. The largest absolute Gasteiger partial charge is 0.383 e. The third-order valence-corrected chi connectivity index (χ3v) is 6.88. The number of aromatic nitrogens is 4. The second-order valence-electron chi connectivity index (χ2n) is 8.75. The fourth-order valence-corrected chi connectivity index (χ4v) is 4.88. The monoisotopic (exact) mass is 471 g/mol. The molecule has 3 aromatic rings. The number of unbranched alkanes of at least 4 members (excludes halogenated alkanes) is 1. The number of aryl methyl sites for hydroxylation is 1. The molecule has 10 heteroatoms. The van der Waals surface area contributed by atoms with Gasteiger partial charge in [-0.15, -0.1) is 10.2 Å². The summed E-state index contributed by atoms with van der Waals surface area (Å²) in [6, 6.07) is 6.43. The molecule has 2 aromatic heterocycles. The number of aliphatic hydroxyl groups is 1. The van der Waals surface area contributed by atoms with Crippen molar-refractivity contribution in [2.75, 3.05) is 47.9 Å². The molecule has 0 radical (unpaired) electrons. The van der Waals surface area contributed by atoms with Crippen LogP contribution in [0, 0.1) is 12.8 Å². The maximum absolute atomic E-state index is 11.8. The summed E-state index contributed by atoms with van der Waals surface area (Å²) in [5.41, 5.74) is 3.83. The van der Waals surface area contributed by atoms with E-state index in [0.29, 0.717) is 18.9 Å². The molecule has 1 amide bonds. The van der Waals surface area contributed by atoms with Crippen LogP contribution in [0.3, 0.4) is 0 Å². The fraction of sp³-hybridized carbons (Fsp3) is 0.565. The van der Waals surface area contributed by atoms with Crippen LogP contribution in [-0.2, 0) is 4.79 Å². The van der Waals surface area contributed by atoms with E-state index in [1.165, 1.54) is 5.69 Å². The van der Waals surface area contributed by atoms with Crippen molar-refractivity contribution in [2.24, 2.45) is 5.92 Å². The molecule has 3 N–H and O–H groups in total. The van der Waals surface area contributed by atoms with Crippen LogP contribution in [0.1, 0.15) is 32.5 Å². The highest BCUT2D eigenvalue weighted by Crippen LogP contribution is 2.27. The number of carbonyl (C=O) groups excluding carboxylic acids is 1. The van der Waals surface area contributed by atoms with Gasteiger partial charge >= 0.3 is 0 Å². The first kappa shape index (κ1) is 23.6. The summed E-state index contributed by atoms with van der Waals surface area (Å²) in [5.74, 6) is 3.45. The first-order valence-corrected chi connectivity index (χ1v) is 12.8. The Hall–Kier alpha value is -2.59. The number of thioether (sulfide) groups is 1. The van der Waals surface area contributed by atoms with E-state index in [1.807, 2.05) is 36.9 Å². The van der Waals surface area contributed by atoms with Gasteiger partial charge in [-0.2, -0.15) is 11.8 Å². The van der Waals surface area contributed by atoms with Crippen molar-refractivity contribution in [1.82, 2.24) is 24.9 Å². The van der Waals surface area contributed by atoms with Gasteiger partial charge in [-0.25, -0.2) is 4.98 Å². The van der Waals surface area contributed by atoms with E-state index < -0.39 is 6.10 Å². The standard InChI is InChI=1S/C23H33N7O2S/c1-15(2)20(31)23(32)25-9-5-4-8-24-21-22-28-27-16(3)30(22)19-7-6-17(14-18(19)26-21)29-10-12-33-13-11-29/h6-7,14-15,20,31H,4-5,8-13H2,1-3H3,(H,24,26)(H,25,32)/t20-/m1/s1. The number of hydrogen-bond acceptors (Lipinski definition) is 8. The fourth-order valence-electron chi connectivity index (χ4n) is 3.98. The Morgan fingerprint density at radius 2 is 1.94 bits per heavy atom. The zero-order valence-electron chi connectivity index (χ0n) is 19.5. The Labute approximate surface area is 198 Å². The molecule has 1 saturated heterocycles. The highest BCUT2D eigenvalue weighted by Gasteiger charge is 2.18. The van der Waals surface area contributed by atoms with Gasteiger partial charge in [0.15, 0.2) is 5.82 Å². The second kappa shape index (κ2) is 10.6. The minimum Gasteiger partial charge on any atom is -0.383 e. The number of aliphatic hydroxyl groups excluding tert-OH is 1. The molecule has 178 valence electrons. The predicted molar refractivity (Wildman–Crippen MR) is 134 cm³/mol. The van der Waals surface area contributed by atoms with Gasteiger partial charge in [0.05, 0.1) is 11.0 Å². The Kier molecular flexibility index (Phi) is 7.54. The molecule has 0 unspecified atom stereocenters. The Morgan fingerprint density at radius 1 is 1.18 bits per heavy atom. The molecule has 33 heavy (non-hydrogen) atoms. The number of carbonyl (C=O) groups is 1. The van der Waals surface area contributed by atoms with Crippen molar-refractivity contribution in [3.05, 3.63) is 24.0 Å². The van der Waals surface area contributed by atoms with Crippen LogP contribution in [0.25, 0.3) is 16.7 Å². The third-order valence-electron chi connectivity index (χ3n) is 5.94. The van der Waals surface area contributed by atoms with E-state index in [1.54, 1.807) is 0 Å². The van der Waals surface area contributed by atoms with Crippen molar-refractivity contribution >= 4 is 45.9 Å². The van der Waals surface area contributed by atoms with E-state index in [4.69, 9.17) is 4.98 Å². The van der Waals surface area contributed by atoms with Gasteiger partial charge in [-0.05, 0) is 43.9 Å². The average molecular weight is 472 g/mol. The molecular weight excluding hydrogens is 438 g/mol. The Balaban J connectivity index is 1.43. The van der Waals surface area contributed by atoms with Crippen LogP contribution in [0.2, 0.25) is 0 Å². The average Bonchev–Trinajstić information content (AvgIpc) is 3.22. The first-order valence-electron chi connectivity index (χ1n) is 11.6. The molecule has 1 fully saturated rings. The molecular formula is C23H33N7O2S. The molecule has 3 heterocycles. The summed E-state index contributed by atoms with van der Waals surface area (Å²) in [6.45, 7) is 8.95. The van der Waals surface area contributed by atoms with E-state index in [2.05, 4.69) is 43.9 Å². The molecule has 0 aliphatic carbocycles. The molecule has 0 bridgehead atoms. The molecule has 0 spiro atoms. The summed E-state index contributed by atoms with van der Waals surface area (Å²) in [5, 5.41) is 24.6. The van der Waals surface area contributed by atoms with Crippen molar-refractivity contribution in [2.45, 2.75) is 39.7 Å². The number of rotatable bonds is 9. The second-order valence-corrected chi connectivity index (χ2v) is 9.98. The maximum Gasteiger partial charge on any atom is 0.249 e. The molecule has 1 atom stereocenters. The lowest BCUT2D eigenvalue weighted by atomic mass is 10.1. The highest BCUT2D eigenvalue weighted by molar-refractivity contribution is 7.99. The van der Waals surface area contributed by atoms with Crippen molar-refractivity contribution in [1.29, 1.82) is 0 Å². The quantitative estimate of drug-likeness (QED) is 0.409. The minimum absolute atomic E-state index is 0.0889. The summed E-state index contributed by atoms with van der Waals surface area (Å²) in [4.78, 5) is 19.2. The van der Waals surface area contributed by atoms with Crippen LogP contribution < -0.4 is 15.5 Å². The van der Waals surface area contributed by atoms with Gasteiger partial charge in [0.25, 0.3) is 0 Å². The maximum atomic E-state index is 11.8. The number of benzene rings is 1. The number of nitrogens with zero attached hydrogens (tertiary/aromatic N) is 5. The summed E-state index contributed by atoms with van der Waals surface area (Å²) in [7, 11) is 0. The van der Waals surface area contributed by atoms with Gasteiger partial charge in [0, 0.05) is 43.4 Å². The lowest BCUT2D eigenvalue weighted by Crippen LogP contribution is -2.38. The van der Waals surface area contributed by atoms with Crippen molar-refractivity contribution in [3.63, 3.8) is 0 Å². The van der Waals surface area contributed by atoms with Crippen molar-refractivity contribution in [3.8, 4) is 0 Å². The predicted octanol–water partition coefficient (Wildman–Crippen LogP) is 2.46. The molecule has 9 nitrogen and oxygen atoms in total. The zero-order chi connectivity index (χ0) is 23.4. The van der Waals surface area contributed by atoms with E-state index >= 15 is 0 Å². The number of hydrogen-bond donors (Lipinski definition) is 3. The van der Waals surface area contributed by atoms with Crippen LogP contribution in [0.15, 0.2) is 18.2 Å². The number of fused-ring (bicyclic) bond motifs is 3. The van der Waals surface area contributed by atoms with E-state index in [9.17, 15) is 9.90 Å². The molecule has 1 aliphatic heterocycles. The van der Waals surface area contributed by atoms with Gasteiger partial charge in [0.2, 0.25) is 11.6 Å². The van der Waals surface area contributed by atoms with Gasteiger partial charge < -0.3 is 20.6 Å². The van der Waals surface area contributed by atoms with Crippen LogP contribution in [-0.4, -0.2) is 74.4 Å². The Bertz CT molecular complexity index is 1110. The zero-order valence-corrected chi connectivity index (χ0v) is 20.4. The Morgan fingerprint density at radius 3 is 2.70 bits per heavy atom. The molecule has 0 saturated carbocycles. The van der Waals surface area contributed by atoms with Crippen LogP contribution in [0.5, 0.6) is 0 Å². The van der Waals surface area contributed by atoms with Crippen LogP contribution in [0.4, 0.5) is 11.5 Å². The summed E-state index contributed by atoms with van der Waals surface area (Å²) >= 11 is 2.00. The van der Waals surface area contributed by atoms with Gasteiger partial charge in [-0.1, -0.05) is 13.8 Å². The van der Waals surface area contributed by atoms with Gasteiger partial charge in [-0.3, -0.25) is 9.20 Å². The van der Waals surface area contributed by atoms with E-state index in [0.717, 1.165) is 59.9 Å². The third kappa shape index (κ3) is 5.33. The molecule has 1 aliphatic rings. The lowest BCUT2D eigenvalue weighted by molar-refractivity contribution is -0.131. The number of nitrogens with one attached hydrogen (secondary N) is 2. The number of anilines is 2. The normalized spacial score (nSPS) is 15.4. The summed E-state index contributed by atoms with van der Waals surface area (Å²) in [6.07, 6.45) is 0.696. The molecule has 4 rings (SSSR count). The number of amides is 1. The first-order chi connectivity index (χ1) is 16.0. The molecule has 1 aromatic carbocycles. The van der Waals surface area contributed by atoms with Gasteiger partial charge in [0.1, 0.15) is 11.9 Å². The smallest absolute Gasteiger partial charge is 0.249 e. The van der Waals surface area contributed by atoms with Crippen molar-refractivity contribution < 1.29 is 9.90 Å². The van der Waals surface area contributed by atoms with E-state index in [-0.39, 0.29) is 11.8 Å². The topological polar surface area (TPSA) is 108 Å². The summed E-state index contributed by atoms with van der Waals surface area (Å²) < 4.78 is 2.05. The highest BCUT2D eigenvalue weighted by atomic mass is 32.2. The van der Waals surface area contributed by atoms with Crippen LogP contribution >= 0.6 is 11.8 Å². The lowest BCUT2D eigenvalue weighted by Gasteiger charge is -2.28.